The monoisotopic (exact) mass is 199 g/mol. The van der Waals surface area contributed by atoms with E-state index in [4.69, 9.17) is 5.73 Å². The van der Waals surface area contributed by atoms with Crippen LogP contribution in [0.4, 0.5) is 8.78 Å². The number of nitrogens with two attached hydrogens (primary N) is 1. The van der Waals surface area contributed by atoms with Crippen molar-refractivity contribution in [2.75, 3.05) is 0 Å². The summed E-state index contributed by atoms with van der Waals surface area (Å²) < 4.78 is 24.9. The second kappa shape index (κ2) is 4.17. The number of aryl methyl sites for hydroxylation is 1. The van der Waals surface area contributed by atoms with E-state index in [1.54, 1.807) is 25.1 Å². The smallest absolute Gasteiger partial charge is 0.254 e. The quantitative estimate of drug-likeness (QED) is 0.792. The summed E-state index contributed by atoms with van der Waals surface area (Å²) in [5, 5.41) is 0. The number of halogens is 2. The molecule has 0 saturated carbocycles. The van der Waals surface area contributed by atoms with Gasteiger partial charge in [-0.3, -0.25) is 4.79 Å². The van der Waals surface area contributed by atoms with E-state index >= 15 is 0 Å². The third-order valence-corrected chi connectivity index (χ3v) is 1.96. The van der Waals surface area contributed by atoms with Crippen molar-refractivity contribution in [1.29, 1.82) is 0 Å². The molecule has 1 rings (SSSR count). The molecule has 0 aliphatic heterocycles. The van der Waals surface area contributed by atoms with Crippen LogP contribution in [0, 0.1) is 6.92 Å². The second-order valence-corrected chi connectivity index (χ2v) is 3.13. The van der Waals surface area contributed by atoms with Crippen molar-refractivity contribution in [3.8, 4) is 0 Å². The average molecular weight is 199 g/mol. The minimum atomic E-state index is -2.76. The van der Waals surface area contributed by atoms with E-state index in [9.17, 15) is 13.6 Å². The molecule has 0 aromatic heterocycles. The molecule has 2 N–H and O–H groups in total. The zero-order valence-corrected chi connectivity index (χ0v) is 7.71. The molecule has 76 valence electrons. The van der Waals surface area contributed by atoms with E-state index in [-0.39, 0.29) is 5.56 Å². The Morgan fingerprint density at radius 1 is 1.43 bits per heavy atom. The van der Waals surface area contributed by atoms with Crippen LogP contribution in [-0.2, 0) is 4.79 Å². The Hall–Kier alpha value is -1.45. The van der Waals surface area contributed by atoms with E-state index in [0.717, 1.165) is 5.56 Å². The molecule has 4 heteroatoms. The Kier molecular flexibility index (Phi) is 3.17. The Morgan fingerprint density at radius 3 is 2.50 bits per heavy atom. The predicted octanol–water partition coefficient (Wildman–Crippen LogP) is 1.83. The molecule has 1 atom stereocenters. The summed E-state index contributed by atoms with van der Waals surface area (Å²) in [6.07, 6.45) is -2.76. The average Bonchev–Trinajstić information content (AvgIpc) is 2.02. The lowest BCUT2D eigenvalue weighted by Gasteiger charge is -2.12. The highest BCUT2D eigenvalue weighted by Crippen LogP contribution is 2.23. The van der Waals surface area contributed by atoms with Crippen LogP contribution in [-0.4, -0.2) is 12.3 Å². The van der Waals surface area contributed by atoms with Crippen LogP contribution < -0.4 is 5.73 Å². The molecule has 0 fully saturated rings. The van der Waals surface area contributed by atoms with E-state index in [1.165, 1.54) is 6.07 Å². The summed E-state index contributed by atoms with van der Waals surface area (Å²) in [7, 11) is 0. The molecule has 0 heterocycles. The number of primary amides is 1. The van der Waals surface area contributed by atoms with Gasteiger partial charge in [-0.15, -0.1) is 0 Å². The number of carbonyl (C=O) groups is 1. The number of hydrogen-bond donors (Lipinski definition) is 1. The fourth-order valence-electron chi connectivity index (χ4n) is 1.30. The van der Waals surface area contributed by atoms with Crippen molar-refractivity contribution in [2.24, 2.45) is 5.73 Å². The number of amides is 1. The minimum Gasteiger partial charge on any atom is -0.369 e. The first kappa shape index (κ1) is 10.6. The number of alkyl halides is 2. The predicted molar refractivity (Wildman–Crippen MR) is 49.1 cm³/mol. The van der Waals surface area contributed by atoms with Gasteiger partial charge in [-0.1, -0.05) is 29.8 Å². The van der Waals surface area contributed by atoms with Crippen LogP contribution in [0.15, 0.2) is 24.3 Å². The summed E-state index contributed by atoms with van der Waals surface area (Å²) in [5.74, 6) is -2.50. The first-order valence-corrected chi connectivity index (χ1v) is 4.16. The van der Waals surface area contributed by atoms with Crippen LogP contribution >= 0.6 is 0 Å². The van der Waals surface area contributed by atoms with Gasteiger partial charge in [0, 0.05) is 0 Å². The molecule has 0 bridgehead atoms. The molecule has 0 aliphatic rings. The van der Waals surface area contributed by atoms with Gasteiger partial charge in [0.2, 0.25) is 5.91 Å². The van der Waals surface area contributed by atoms with Crippen molar-refractivity contribution in [2.45, 2.75) is 19.3 Å². The van der Waals surface area contributed by atoms with E-state index in [2.05, 4.69) is 0 Å². The van der Waals surface area contributed by atoms with Gasteiger partial charge in [0.1, 0.15) is 5.92 Å². The lowest BCUT2D eigenvalue weighted by molar-refractivity contribution is -0.122. The zero-order chi connectivity index (χ0) is 10.7. The lowest BCUT2D eigenvalue weighted by Crippen LogP contribution is -2.27. The maximum absolute atomic E-state index is 12.5. The first-order chi connectivity index (χ1) is 6.52. The molecular weight excluding hydrogens is 188 g/mol. The van der Waals surface area contributed by atoms with Crippen LogP contribution in [0.3, 0.4) is 0 Å². The van der Waals surface area contributed by atoms with Gasteiger partial charge in [0.05, 0.1) is 0 Å². The SMILES string of the molecule is Cc1cccc([C@@H](C(N)=O)C(F)F)c1. The number of benzene rings is 1. The molecule has 0 radical (unpaired) electrons. The Balaban J connectivity index is 3.05. The van der Waals surface area contributed by atoms with Crippen LogP contribution in [0.1, 0.15) is 17.0 Å². The Labute approximate surface area is 80.7 Å². The third-order valence-electron chi connectivity index (χ3n) is 1.96. The van der Waals surface area contributed by atoms with Gasteiger partial charge < -0.3 is 5.73 Å². The highest BCUT2D eigenvalue weighted by atomic mass is 19.3. The number of carbonyl (C=O) groups excluding carboxylic acids is 1. The summed E-state index contributed by atoms with van der Waals surface area (Å²) in [4.78, 5) is 10.8. The standard InChI is InChI=1S/C10H11F2NO/c1-6-3-2-4-7(5-6)8(9(11)12)10(13)14/h2-5,8-9H,1H3,(H2,13,14)/t8-/m1/s1. The van der Waals surface area contributed by atoms with Crippen LogP contribution in [0.5, 0.6) is 0 Å². The summed E-state index contributed by atoms with van der Waals surface area (Å²) in [5.41, 5.74) is 6.00. The normalized spacial score (nSPS) is 12.9. The van der Waals surface area contributed by atoms with Gasteiger partial charge in [-0.25, -0.2) is 8.78 Å². The van der Waals surface area contributed by atoms with Gasteiger partial charge in [0.15, 0.2) is 0 Å². The molecule has 0 spiro atoms. The van der Waals surface area contributed by atoms with E-state index < -0.39 is 18.3 Å². The largest absolute Gasteiger partial charge is 0.369 e. The van der Waals surface area contributed by atoms with E-state index in [0.29, 0.717) is 0 Å². The molecule has 1 amide bonds. The molecule has 1 aromatic carbocycles. The van der Waals surface area contributed by atoms with Gasteiger partial charge in [-0.05, 0) is 12.5 Å². The van der Waals surface area contributed by atoms with Crippen molar-refractivity contribution >= 4 is 5.91 Å². The molecule has 0 aliphatic carbocycles. The maximum Gasteiger partial charge on any atom is 0.254 e. The van der Waals surface area contributed by atoms with Crippen LogP contribution in [0.25, 0.3) is 0 Å². The van der Waals surface area contributed by atoms with Gasteiger partial charge >= 0.3 is 0 Å². The summed E-state index contributed by atoms with van der Waals surface area (Å²) >= 11 is 0. The third kappa shape index (κ3) is 2.28. The van der Waals surface area contributed by atoms with Crippen LogP contribution in [0.2, 0.25) is 0 Å². The minimum absolute atomic E-state index is 0.271. The van der Waals surface area contributed by atoms with Crippen molar-refractivity contribution in [1.82, 2.24) is 0 Å². The first-order valence-electron chi connectivity index (χ1n) is 4.16. The van der Waals surface area contributed by atoms with Crippen molar-refractivity contribution in [3.63, 3.8) is 0 Å². The summed E-state index contributed by atoms with van der Waals surface area (Å²) in [6.45, 7) is 1.77. The number of rotatable bonds is 3. The lowest BCUT2D eigenvalue weighted by atomic mass is 9.97. The number of hydrogen-bond acceptors (Lipinski definition) is 1. The van der Waals surface area contributed by atoms with Crippen molar-refractivity contribution in [3.05, 3.63) is 35.4 Å². The van der Waals surface area contributed by atoms with Gasteiger partial charge in [0.25, 0.3) is 6.43 Å². The highest BCUT2D eigenvalue weighted by molar-refractivity contribution is 5.82. The molecule has 2 nitrogen and oxygen atoms in total. The molecule has 14 heavy (non-hydrogen) atoms. The highest BCUT2D eigenvalue weighted by Gasteiger charge is 2.27. The second-order valence-electron chi connectivity index (χ2n) is 3.13. The Bertz CT molecular complexity index is 339. The molecule has 0 saturated heterocycles. The zero-order valence-electron chi connectivity index (χ0n) is 7.71. The molecule has 1 aromatic rings. The van der Waals surface area contributed by atoms with Gasteiger partial charge in [-0.2, -0.15) is 0 Å². The fourth-order valence-corrected chi connectivity index (χ4v) is 1.30. The van der Waals surface area contributed by atoms with Crippen molar-refractivity contribution < 1.29 is 13.6 Å². The Morgan fingerprint density at radius 2 is 2.07 bits per heavy atom. The summed E-state index contributed by atoms with van der Waals surface area (Å²) in [6, 6.07) is 6.42. The fraction of sp³-hybridized carbons (Fsp3) is 0.300. The van der Waals surface area contributed by atoms with E-state index in [1.807, 2.05) is 0 Å². The molecule has 0 unspecified atom stereocenters. The molecular formula is C10H11F2NO. The maximum atomic E-state index is 12.5. The topological polar surface area (TPSA) is 43.1 Å².